The summed E-state index contributed by atoms with van der Waals surface area (Å²) >= 11 is 0. The van der Waals surface area contributed by atoms with Crippen LogP contribution in [0, 0.1) is 13.8 Å². The molecule has 5 heteroatoms. The van der Waals surface area contributed by atoms with Gasteiger partial charge in [0.2, 0.25) is 0 Å². The molecule has 0 amide bonds. The van der Waals surface area contributed by atoms with Gasteiger partial charge in [-0.05, 0) is 19.9 Å². The highest BCUT2D eigenvalue weighted by atomic mass is 16.5. The fourth-order valence-electron chi connectivity index (χ4n) is 1.39. The number of rotatable bonds is 1. The SMILES string of the molecule is Cc1cc(C(=O)O)c2c(C)noc2n1. The van der Waals surface area contributed by atoms with E-state index in [1.54, 1.807) is 13.8 Å². The van der Waals surface area contributed by atoms with Crippen molar-refractivity contribution < 1.29 is 14.4 Å². The van der Waals surface area contributed by atoms with Crippen LogP contribution >= 0.6 is 0 Å². The molecule has 2 heterocycles. The predicted molar refractivity (Wildman–Crippen MR) is 48.2 cm³/mol. The summed E-state index contributed by atoms with van der Waals surface area (Å²) in [4.78, 5) is 15.0. The number of hydrogen-bond donors (Lipinski definition) is 1. The summed E-state index contributed by atoms with van der Waals surface area (Å²) in [6.45, 7) is 3.40. The van der Waals surface area contributed by atoms with Crippen LogP contribution in [0.2, 0.25) is 0 Å². The lowest BCUT2D eigenvalue weighted by atomic mass is 10.1. The number of aryl methyl sites for hydroxylation is 2. The zero-order valence-electron chi connectivity index (χ0n) is 7.74. The van der Waals surface area contributed by atoms with Crippen LogP contribution in [0.3, 0.4) is 0 Å². The Balaban J connectivity index is 2.90. The van der Waals surface area contributed by atoms with Crippen LogP contribution in [0.15, 0.2) is 10.6 Å². The maximum Gasteiger partial charge on any atom is 0.336 e. The van der Waals surface area contributed by atoms with Gasteiger partial charge in [0.05, 0.1) is 16.6 Å². The topological polar surface area (TPSA) is 76.2 Å². The first-order chi connectivity index (χ1) is 6.59. The number of carboxylic acid groups (broad SMARTS) is 1. The molecule has 0 radical (unpaired) electrons. The van der Waals surface area contributed by atoms with Gasteiger partial charge >= 0.3 is 5.97 Å². The summed E-state index contributed by atoms with van der Waals surface area (Å²) < 4.78 is 4.90. The van der Waals surface area contributed by atoms with Gasteiger partial charge in [0, 0.05) is 5.69 Å². The molecule has 1 N–H and O–H groups in total. The van der Waals surface area contributed by atoms with Crippen LogP contribution in [0.1, 0.15) is 21.7 Å². The van der Waals surface area contributed by atoms with E-state index in [0.29, 0.717) is 16.8 Å². The van der Waals surface area contributed by atoms with Crippen LogP contribution < -0.4 is 0 Å². The molecule has 0 aromatic carbocycles. The lowest BCUT2D eigenvalue weighted by Crippen LogP contribution is -1.99. The number of nitrogens with zero attached hydrogens (tertiary/aromatic N) is 2. The third-order valence-corrected chi connectivity index (χ3v) is 1.98. The van der Waals surface area contributed by atoms with Gasteiger partial charge in [-0.1, -0.05) is 5.16 Å². The van der Waals surface area contributed by atoms with Crippen molar-refractivity contribution in [2.45, 2.75) is 13.8 Å². The first-order valence-electron chi connectivity index (χ1n) is 4.06. The molecule has 72 valence electrons. The van der Waals surface area contributed by atoms with Gasteiger partial charge in [-0.2, -0.15) is 0 Å². The zero-order chi connectivity index (χ0) is 10.3. The van der Waals surface area contributed by atoms with Crippen molar-refractivity contribution in [1.82, 2.24) is 10.1 Å². The van der Waals surface area contributed by atoms with Crippen LogP contribution in [-0.2, 0) is 0 Å². The van der Waals surface area contributed by atoms with E-state index in [2.05, 4.69) is 10.1 Å². The molecule has 14 heavy (non-hydrogen) atoms. The second-order valence-corrected chi connectivity index (χ2v) is 3.06. The third kappa shape index (κ3) is 1.14. The number of carbonyl (C=O) groups is 1. The van der Waals surface area contributed by atoms with Crippen LogP contribution in [0.4, 0.5) is 0 Å². The summed E-state index contributed by atoms with van der Waals surface area (Å²) in [6, 6.07) is 1.51. The molecule has 0 aliphatic heterocycles. The van der Waals surface area contributed by atoms with Crippen molar-refractivity contribution in [3.8, 4) is 0 Å². The number of hydrogen-bond acceptors (Lipinski definition) is 4. The van der Waals surface area contributed by atoms with Gasteiger partial charge in [0.15, 0.2) is 0 Å². The van der Waals surface area contributed by atoms with Crippen molar-refractivity contribution in [3.63, 3.8) is 0 Å². The predicted octanol–water partition coefficient (Wildman–Crippen LogP) is 1.54. The minimum Gasteiger partial charge on any atom is -0.478 e. The quantitative estimate of drug-likeness (QED) is 0.741. The maximum absolute atomic E-state index is 10.9. The Bertz CT molecular complexity index is 516. The van der Waals surface area contributed by atoms with E-state index >= 15 is 0 Å². The molecule has 0 saturated carbocycles. The van der Waals surface area contributed by atoms with Crippen molar-refractivity contribution in [2.75, 3.05) is 0 Å². The van der Waals surface area contributed by atoms with Crippen molar-refractivity contribution >= 4 is 17.1 Å². The average molecular weight is 192 g/mol. The summed E-state index contributed by atoms with van der Waals surface area (Å²) in [5.74, 6) is -0.994. The van der Waals surface area contributed by atoms with E-state index in [4.69, 9.17) is 9.63 Å². The normalized spacial score (nSPS) is 10.7. The van der Waals surface area contributed by atoms with E-state index in [9.17, 15) is 4.79 Å². The number of fused-ring (bicyclic) bond motifs is 1. The smallest absolute Gasteiger partial charge is 0.336 e. The highest BCUT2D eigenvalue weighted by Crippen LogP contribution is 2.21. The monoisotopic (exact) mass is 192 g/mol. The Kier molecular flexibility index (Phi) is 1.73. The van der Waals surface area contributed by atoms with Gasteiger partial charge in [-0.3, -0.25) is 0 Å². The van der Waals surface area contributed by atoms with Crippen molar-refractivity contribution in [3.05, 3.63) is 23.0 Å². The van der Waals surface area contributed by atoms with Crippen LogP contribution in [0.5, 0.6) is 0 Å². The maximum atomic E-state index is 10.9. The molecule has 0 aliphatic carbocycles. The Morgan fingerprint density at radius 3 is 2.86 bits per heavy atom. The van der Waals surface area contributed by atoms with Gasteiger partial charge in [-0.25, -0.2) is 9.78 Å². The molecule has 2 rings (SSSR count). The van der Waals surface area contributed by atoms with Crippen LogP contribution in [-0.4, -0.2) is 21.2 Å². The first kappa shape index (κ1) is 8.68. The molecular weight excluding hydrogens is 184 g/mol. The molecule has 0 atom stereocenters. The van der Waals surface area contributed by atoms with Crippen molar-refractivity contribution in [2.24, 2.45) is 0 Å². The Hall–Kier alpha value is -1.91. The fourth-order valence-corrected chi connectivity index (χ4v) is 1.39. The molecule has 0 aliphatic rings. The molecule has 0 unspecified atom stereocenters. The summed E-state index contributed by atoms with van der Waals surface area (Å²) in [7, 11) is 0. The van der Waals surface area contributed by atoms with E-state index in [0.717, 1.165) is 0 Å². The number of pyridine rings is 1. The summed E-state index contributed by atoms with van der Waals surface area (Å²) in [5.41, 5.74) is 1.61. The van der Waals surface area contributed by atoms with Gasteiger partial charge < -0.3 is 9.63 Å². The Morgan fingerprint density at radius 1 is 1.50 bits per heavy atom. The Labute approximate surface area is 79.3 Å². The third-order valence-electron chi connectivity index (χ3n) is 1.98. The largest absolute Gasteiger partial charge is 0.478 e. The van der Waals surface area contributed by atoms with Gasteiger partial charge in [0.1, 0.15) is 0 Å². The minimum atomic E-state index is -0.994. The number of aromatic carboxylic acids is 1. The highest BCUT2D eigenvalue weighted by molar-refractivity contribution is 6.02. The molecule has 2 aromatic rings. The molecule has 0 bridgehead atoms. The Morgan fingerprint density at radius 2 is 2.21 bits per heavy atom. The lowest BCUT2D eigenvalue weighted by Gasteiger charge is -1.97. The summed E-state index contributed by atoms with van der Waals surface area (Å²) in [6.07, 6.45) is 0. The first-order valence-corrected chi connectivity index (χ1v) is 4.06. The van der Waals surface area contributed by atoms with E-state index in [1.807, 2.05) is 0 Å². The summed E-state index contributed by atoms with van der Waals surface area (Å²) in [5, 5.41) is 13.1. The highest BCUT2D eigenvalue weighted by Gasteiger charge is 2.16. The van der Waals surface area contributed by atoms with Crippen molar-refractivity contribution in [1.29, 1.82) is 0 Å². The fraction of sp³-hybridized carbons (Fsp3) is 0.222. The van der Waals surface area contributed by atoms with E-state index in [-0.39, 0.29) is 11.3 Å². The number of aromatic nitrogens is 2. The standard InChI is InChI=1S/C9H8N2O3/c1-4-3-6(9(12)13)7-5(2)11-14-8(7)10-4/h3H,1-2H3,(H,12,13). The molecule has 0 spiro atoms. The molecule has 0 fully saturated rings. The van der Waals surface area contributed by atoms with E-state index < -0.39 is 5.97 Å². The molecular formula is C9H8N2O3. The minimum absolute atomic E-state index is 0.186. The number of carboxylic acids is 1. The van der Waals surface area contributed by atoms with Gasteiger partial charge in [-0.15, -0.1) is 0 Å². The van der Waals surface area contributed by atoms with Crippen LogP contribution in [0.25, 0.3) is 11.1 Å². The van der Waals surface area contributed by atoms with E-state index in [1.165, 1.54) is 6.07 Å². The second kappa shape index (κ2) is 2.80. The lowest BCUT2D eigenvalue weighted by molar-refractivity contribution is 0.0698. The average Bonchev–Trinajstić information content (AvgIpc) is 2.46. The molecule has 0 saturated heterocycles. The molecule has 2 aromatic heterocycles. The molecule has 5 nitrogen and oxygen atoms in total. The van der Waals surface area contributed by atoms with Gasteiger partial charge in [0.25, 0.3) is 5.71 Å². The zero-order valence-corrected chi connectivity index (χ0v) is 7.74. The second-order valence-electron chi connectivity index (χ2n) is 3.06.